The molecule has 0 radical (unpaired) electrons. The Labute approximate surface area is 160 Å². The topological polar surface area (TPSA) is 37.8 Å². The number of piperidine rings is 2. The van der Waals surface area contributed by atoms with Crippen molar-refractivity contribution in [3.63, 3.8) is 0 Å². The lowest BCUT2D eigenvalue weighted by Gasteiger charge is -2.41. The molecule has 2 aromatic rings. The molecule has 4 unspecified atom stereocenters. The van der Waals surface area contributed by atoms with E-state index in [2.05, 4.69) is 26.9 Å². The molecule has 27 heavy (non-hydrogen) atoms. The molecule has 6 rings (SSSR count). The van der Waals surface area contributed by atoms with Gasteiger partial charge >= 0.3 is 0 Å². The molecule has 5 heterocycles. The Hall–Kier alpha value is -2.27. The van der Waals surface area contributed by atoms with Gasteiger partial charge in [-0.3, -0.25) is 4.98 Å². The Morgan fingerprint density at radius 1 is 0.852 bits per heavy atom. The highest BCUT2D eigenvalue weighted by molar-refractivity contribution is 5.70. The third-order valence-corrected chi connectivity index (χ3v) is 6.44. The van der Waals surface area contributed by atoms with E-state index in [1.165, 1.54) is 38.2 Å². The minimum atomic E-state index is 0.624. The summed E-state index contributed by atoms with van der Waals surface area (Å²) in [7, 11) is 3.34. The quantitative estimate of drug-likeness (QED) is 0.831. The van der Waals surface area contributed by atoms with Crippen LogP contribution >= 0.6 is 0 Å². The summed E-state index contributed by atoms with van der Waals surface area (Å²) < 4.78 is 10.8. The monoisotopic (exact) mass is 365 g/mol. The summed E-state index contributed by atoms with van der Waals surface area (Å²) >= 11 is 0. The summed E-state index contributed by atoms with van der Waals surface area (Å²) in [4.78, 5) is 9.89. The number of hydrogen-bond donors (Lipinski definition) is 0. The highest BCUT2D eigenvalue weighted by Gasteiger charge is 2.41. The molecule has 0 amide bonds. The molecule has 4 aliphatic heterocycles. The van der Waals surface area contributed by atoms with Gasteiger partial charge in [0.15, 0.2) is 11.5 Å². The van der Waals surface area contributed by atoms with Crippen LogP contribution in [0.1, 0.15) is 12.8 Å². The van der Waals surface area contributed by atoms with E-state index in [1.807, 2.05) is 24.5 Å². The van der Waals surface area contributed by atoms with Crippen LogP contribution in [0.5, 0.6) is 11.5 Å². The number of ether oxygens (including phenoxy) is 2. The molecule has 0 spiro atoms. The summed E-state index contributed by atoms with van der Waals surface area (Å²) in [5.41, 5.74) is 3.48. The molecular weight excluding hydrogens is 338 g/mol. The predicted molar refractivity (Wildman–Crippen MR) is 107 cm³/mol. The first-order chi connectivity index (χ1) is 13.2. The van der Waals surface area contributed by atoms with Crippen molar-refractivity contribution >= 4 is 5.69 Å². The Balaban J connectivity index is 1.47. The third-order valence-electron chi connectivity index (χ3n) is 6.44. The molecule has 4 atom stereocenters. The zero-order chi connectivity index (χ0) is 18.4. The summed E-state index contributed by atoms with van der Waals surface area (Å²) in [6, 6.07) is 8.97. The van der Waals surface area contributed by atoms with Gasteiger partial charge in [-0.1, -0.05) is 6.07 Å². The Morgan fingerprint density at radius 2 is 1.70 bits per heavy atom. The van der Waals surface area contributed by atoms with Crippen LogP contribution in [0.2, 0.25) is 0 Å². The molecule has 1 aromatic carbocycles. The summed E-state index contributed by atoms with van der Waals surface area (Å²) in [6.45, 7) is 4.94. The Bertz CT molecular complexity index is 826. The first-order valence-electron chi connectivity index (χ1n) is 9.90. The standard InChI is InChI=1S/C22H27N3O2/c1-26-21-4-3-17(8-22(21)27-2)18-7-19(10-23-9-18)25-13-16-5-15-6-20(25)14-24(11-15)12-16/h3-4,7-10,15-16,20H,5-6,11-14H2,1-2H3. The molecule has 4 saturated heterocycles. The smallest absolute Gasteiger partial charge is 0.161 e. The first-order valence-corrected chi connectivity index (χ1v) is 9.90. The first kappa shape index (κ1) is 16.9. The number of rotatable bonds is 4. The van der Waals surface area contributed by atoms with Gasteiger partial charge in [0, 0.05) is 44.0 Å². The largest absolute Gasteiger partial charge is 0.493 e. The number of pyridine rings is 1. The SMILES string of the molecule is COc1ccc(-c2cncc(N3CC4CC5CC3CN(C5)C4)c2)cc1OC. The minimum absolute atomic E-state index is 0.624. The molecule has 5 heteroatoms. The zero-order valence-electron chi connectivity index (χ0n) is 16.1. The molecule has 4 aliphatic rings. The van der Waals surface area contributed by atoms with Crippen LogP contribution in [0.3, 0.4) is 0 Å². The molecule has 0 aliphatic carbocycles. The van der Waals surface area contributed by atoms with Crippen molar-refractivity contribution in [1.29, 1.82) is 0 Å². The molecule has 4 bridgehead atoms. The van der Waals surface area contributed by atoms with Gasteiger partial charge in [-0.05, 0) is 48.4 Å². The van der Waals surface area contributed by atoms with Crippen LogP contribution in [0.25, 0.3) is 11.1 Å². The highest BCUT2D eigenvalue weighted by Crippen LogP contribution is 2.39. The maximum atomic E-state index is 5.47. The Morgan fingerprint density at radius 3 is 2.52 bits per heavy atom. The number of methoxy groups -OCH3 is 2. The normalized spacial score (nSPS) is 28.9. The average molecular weight is 365 g/mol. The van der Waals surface area contributed by atoms with E-state index in [0.717, 1.165) is 41.0 Å². The molecule has 0 N–H and O–H groups in total. The summed E-state index contributed by atoms with van der Waals surface area (Å²) in [5.74, 6) is 3.18. The Kier molecular flexibility index (Phi) is 4.20. The van der Waals surface area contributed by atoms with E-state index in [-0.39, 0.29) is 0 Å². The number of benzene rings is 1. The van der Waals surface area contributed by atoms with E-state index < -0.39 is 0 Å². The van der Waals surface area contributed by atoms with Crippen LogP contribution in [0, 0.1) is 11.8 Å². The van der Waals surface area contributed by atoms with E-state index >= 15 is 0 Å². The van der Waals surface area contributed by atoms with E-state index in [0.29, 0.717) is 6.04 Å². The molecule has 1 aromatic heterocycles. The maximum Gasteiger partial charge on any atom is 0.161 e. The van der Waals surface area contributed by atoms with Gasteiger partial charge in [-0.15, -0.1) is 0 Å². The van der Waals surface area contributed by atoms with E-state index in [1.54, 1.807) is 14.2 Å². The summed E-state index contributed by atoms with van der Waals surface area (Å²) in [6.07, 6.45) is 6.70. The number of nitrogens with zero attached hydrogens (tertiary/aromatic N) is 3. The molecule has 5 nitrogen and oxygen atoms in total. The van der Waals surface area contributed by atoms with Crippen molar-refractivity contribution in [2.75, 3.05) is 45.3 Å². The van der Waals surface area contributed by atoms with Gasteiger partial charge in [0.25, 0.3) is 0 Å². The highest BCUT2D eigenvalue weighted by atomic mass is 16.5. The average Bonchev–Trinajstić information content (AvgIpc) is 2.90. The number of aromatic nitrogens is 1. The molecule has 0 saturated carbocycles. The van der Waals surface area contributed by atoms with Crippen LogP contribution < -0.4 is 14.4 Å². The maximum absolute atomic E-state index is 5.47. The van der Waals surface area contributed by atoms with Crippen molar-refractivity contribution in [3.8, 4) is 22.6 Å². The third kappa shape index (κ3) is 3.04. The summed E-state index contributed by atoms with van der Waals surface area (Å²) in [5, 5.41) is 0. The van der Waals surface area contributed by atoms with Gasteiger partial charge < -0.3 is 19.3 Å². The van der Waals surface area contributed by atoms with Crippen molar-refractivity contribution in [3.05, 3.63) is 36.7 Å². The minimum Gasteiger partial charge on any atom is -0.493 e. The van der Waals surface area contributed by atoms with E-state index in [4.69, 9.17) is 9.47 Å². The van der Waals surface area contributed by atoms with Crippen LogP contribution in [-0.4, -0.2) is 56.3 Å². The van der Waals surface area contributed by atoms with E-state index in [9.17, 15) is 0 Å². The number of hydrogen-bond acceptors (Lipinski definition) is 5. The van der Waals surface area contributed by atoms with Gasteiger partial charge in [0.2, 0.25) is 0 Å². The second-order valence-corrected chi connectivity index (χ2v) is 8.23. The van der Waals surface area contributed by atoms with Gasteiger partial charge in [-0.2, -0.15) is 0 Å². The molecule has 142 valence electrons. The van der Waals surface area contributed by atoms with Crippen molar-refractivity contribution in [1.82, 2.24) is 9.88 Å². The van der Waals surface area contributed by atoms with Crippen molar-refractivity contribution < 1.29 is 9.47 Å². The van der Waals surface area contributed by atoms with Crippen molar-refractivity contribution in [2.45, 2.75) is 18.9 Å². The number of anilines is 1. The van der Waals surface area contributed by atoms with Gasteiger partial charge in [-0.25, -0.2) is 0 Å². The van der Waals surface area contributed by atoms with Crippen LogP contribution in [-0.2, 0) is 0 Å². The van der Waals surface area contributed by atoms with Crippen molar-refractivity contribution in [2.24, 2.45) is 11.8 Å². The van der Waals surface area contributed by atoms with Gasteiger partial charge in [0.05, 0.1) is 26.1 Å². The lowest BCUT2D eigenvalue weighted by atomic mass is 9.84. The van der Waals surface area contributed by atoms with Crippen LogP contribution in [0.4, 0.5) is 5.69 Å². The van der Waals surface area contributed by atoms with Gasteiger partial charge in [0.1, 0.15) is 0 Å². The second-order valence-electron chi connectivity index (χ2n) is 8.23. The lowest BCUT2D eigenvalue weighted by Crippen LogP contribution is -2.49. The predicted octanol–water partition coefficient (Wildman–Crippen LogP) is 3.30. The fourth-order valence-corrected chi connectivity index (χ4v) is 5.36. The van der Waals surface area contributed by atoms with Crippen LogP contribution in [0.15, 0.2) is 36.7 Å². The second kappa shape index (κ2) is 6.71. The number of fused-ring (bicyclic) bond motifs is 1. The fourth-order valence-electron chi connectivity index (χ4n) is 5.36. The lowest BCUT2D eigenvalue weighted by molar-refractivity contribution is 0.0980. The molecular formula is C22H27N3O2. The molecule has 4 fully saturated rings. The zero-order valence-corrected chi connectivity index (χ0v) is 16.1. The fraction of sp³-hybridized carbons (Fsp3) is 0.500.